The lowest BCUT2D eigenvalue weighted by Crippen LogP contribution is -2.40. The molecule has 1 aliphatic rings. The van der Waals surface area contributed by atoms with Gasteiger partial charge in [-0.3, -0.25) is 0 Å². The number of nitrogens with one attached hydrogen (secondary N) is 1. The van der Waals surface area contributed by atoms with Gasteiger partial charge in [-0.15, -0.1) is 22.9 Å². The number of sulfonamides is 1. The van der Waals surface area contributed by atoms with Gasteiger partial charge in [0.15, 0.2) is 9.84 Å². The monoisotopic (exact) mass is 383 g/mol. The van der Waals surface area contributed by atoms with E-state index in [9.17, 15) is 16.8 Å². The van der Waals surface area contributed by atoms with Crippen molar-refractivity contribution in [2.45, 2.75) is 16.3 Å². The molecule has 0 bridgehead atoms. The van der Waals surface area contributed by atoms with Gasteiger partial charge in [0.2, 0.25) is 10.0 Å². The Labute approximate surface area is 129 Å². The lowest BCUT2D eigenvalue weighted by molar-refractivity contribution is 0.564. The highest BCUT2D eigenvalue weighted by Gasteiger charge is 2.39. The zero-order valence-corrected chi connectivity index (χ0v) is 13.9. The molecule has 1 fully saturated rings. The number of hydrogen-bond acceptors (Lipinski definition) is 5. The van der Waals surface area contributed by atoms with Crippen LogP contribution in [0.25, 0.3) is 0 Å². The van der Waals surface area contributed by atoms with Crippen molar-refractivity contribution in [1.29, 1.82) is 0 Å². The number of rotatable bonds is 3. The third-order valence-corrected chi connectivity index (χ3v) is 8.12. The predicted octanol–water partition coefficient (Wildman–Crippen LogP) is 1.74. The molecule has 0 aromatic carbocycles. The van der Waals surface area contributed by atoms with E-state index in [1.165, 1.54) is 6.07 Å². The number of thiophene rings is 1. The molecule has 1 aromatic rings. The minimum atomic E-state index is -3.94. The summed E-state index contributed by atoms with van der Waals surface area (Å²) in [7, 11) is -7.26. The summed E-state index contributed by atoms with van der Waals surface area (Å²) < 4.78 is 49.4. The van der Waals surface area contributed by atoms with Crippen LogP contribution >= 0.6 is 46.1 Å². The molecule has 0 spiro atoms. The van der Waals surface area contributed by atoms with Gasteiger partial charge in [-0.05, 0) is 6.07 Å². The molecule has 2 rings (SSSR count). The van der Waals surface area contributed by atoms with Crippen LogP contribution in [0.15, 0.2) is 11.0 Å². The maximum absolute atomic E-state index is 12.1. The van der Waals surface area contributed by atoms with Gasteiger partial charge in [0, 0.05) is 0 Å². The quantitative estimate of drug-likeness (QED) is 0.805. The first-order chi connectivity index (χ1) is 8.61. The fourth-order valence-corrected chi connectivity index (χ4v) is 7.84. The lowest BCUT2D eigenvalue weighted by Gasteiger charge is -2.14. The van der Waals surface area contributed by atoms with Crippen molar-refractivity contribution in [3.8, 4) is 0 Å². The molecule has 2 atom stereocenters. The molecule has 1 aromatic heterocycles. The molecule has 0 amide bonds. The molecule has 108 valence electrons. The van der Waals surface area contributed by atoms with Crippen molar-refractivity contribution in [2.24, 2.45) is 0 Å². The zero-order chi connectivity index (χ0) is 14.4. The van der Waals surface area contributed by atoms with Gasteiger partial charge in [0.1, 0.15) is 9.23 Å². The molecule has 1 saturated heterocycles. The zero-order valence-electron chi connectivity index (χ0n) is 9.14. The molecule has 19 heavy (non-hydrogen) atoms. The first-order valence-corrected chi connectivity index (χ1v) is 10.2. The fourth-order valence-electron chi connectivity index (χ4n) is 1.68. The lowest BCUT2D eigenvalue weighted by atomic mass is 10.3. The largest absolute Gasteiger partial charge is 0.243 e. The molecule has 0 radical (unpaired) electrons. The molecule has 0 aliphatic carbocycles. The van der Waals surface area contributed by atoms with Crippen LogP contribution in [0.5, 0.6) is 0 Å². The van der Waals surface area contributed by atoms with Crippen molar-refractivity contribution in [1.82, 2.24) is 4.72 Å². The van der Waals surface area contributed by atoms with E-state index in [-0.39, 0.29) is 25.1 Å². The molecule has 11 heteroatoms. The van der Waals surface area contributed by atoms with Crippen LogP contribution in [0.2, 0.25) is 8.67 Å². The van der Waals surface area contributed by atoms with E-state index < -0.39 is 31.3 Å². The molecule has 5 nitrogen and oxygen atoms in total. The van der Waals surface area contributed by atoms with Crippen LogP contribution in [0, 0.1) is 0 Å². The maximum atomic E-state index is 12.1. The Balaban J connectivity index is 2.26. The summed E-state index contributed by atoms with van der Waals surface area (Å²) in [6, 6.07) is 0.343. The van der Waals surface area contributed by atoms with Crippen molar-refractivity contribution in [2.75, 3.05) is 11.5 Å². The topological polar surface area (TPSA) is 80.3 Å². The maximum Gasteiger partial charge on any atom is 0.243 e. The van der Waals surface area contributed by atoms with E-state index in [0.29, 0.717) is 0 Å². The van der Waals surface area contributed by atoms with Crippen LogP contribution < -0.4 is 4.72 Å². The Morgan fingerprint density at radius 1 is 1.32 bits per heavy atom. The molecule has 1 aliphatic heterocycles. The Hall–Kier alpha value is 0.430. The Morgan fingerprint density at radius 3 is 2.37 bits per heavy atom. The van der Waals surface area contributed by atoms with E-state index in [1.807, 2.05) is 0 Å². The van der Waals surface area contributed by atoms with Gasteiger partial charge < -0.3 is 0 Å². The van der Waals surface area contributed by atoms with E-state index in [2.05, 4.69) is 4.72 Å². The summed E-state index contributed by atoms with van der Waals surface area (Å²) in [6.07, 6.45) is 0. The second-order valence-corrected chi connectivity index (χ2v) is 10.7. The summed E-state index contributed by atoms with van der Waals surface area (Å²) in [4.78, 5) is -0.169. The minimum Gasteiger partial charge on any atom is -0.229 e. The van der Waals surface area contributed by atoms with Crippen LogP contribution in [-0.4, -0.2) is 39.8 Å². The van der Waals surface area contributed by atoms with Gasteiger partial charge >= 0.3 is 0 Å². The Morgan fingerprint density at radius 2 is 1.95 bits per heavy atom. The van der Waals surface area contributed by atoms with Crippen molar-refractivity contribution in [3.05, 3.63) is 14.7 Å². The van der Waals surface area contributed by atoms with Crippen molar-refractivity contribution >= 4 is 66.0 Å². The van der Waals surface area contributed by atoms with E-state index >= 15 is 0 Å². The van der Waals surface area contributed by atoms with Crippen molar-refractivity contribution in [3.63, 3.8) is 0 Å². The first kappa shape index (κ1) is 15.8. The summed E-state index contributed by atoms with van der Waals surface area (Å²) in [5, 5.41) is -0.798. The third-order valence-electron chi connectivity index (χ3n) is 2.50. The smallest absolute Gasteiger partial charge is 0.229 e. The summed E-state index contributed by atoms with van der Waals surface area (Å²) in [5.74, 6) is -0.574. The van der Waals surface area contributed by atoms with Crippen LogP contribution in [0.3, 0.4) is 0 Å². The molecule has 2 heterocycles. The number of alkyl halides is 1. The van der Waals surface area contributed by atoms with E-state index in [4.69, 9.17) is 34.8 Å². The first-order valence-electron chi connectivity index (χ1n) is 4.92. The van der Waals surface area contributed by atoms with Crippen LogP contribution in [0.1, 0.15) is 0 Å². The number of sulfone groups is 1. The van der Waals surface area contributed by atoms with Crippen molar-refractivity contribution < 1.29 is 16.8 Å². The van der Waals surface area contributed by atoms with Gasteiger partial charge in [0.25, 0.3) is 0 Å². The second-order valence-electron chi connectivity index (χ2n) is 4.01. The number of hydrogen-bond donors (Lipinski definition) is 1. The number of halogens is 3. The average Bonchev–Trinajstić information content (AvgIpc) is 2.66. The van der Waals surface area contributed by atoms with Crippen LogP contribution in [0.4, 0.5) is 0 Å². The Bertz CT molecular complexity index is 697. The average molecular weight is 385 g/mol. The normalized spacial score (nSPS) is 26.7. The minimum absolute atomic E-state index is 0.0180. The van der Waals surface area contributed by atoms with E-state index in [1.54, 1.807) is 0 Å². The van der Waals surface area contributed by atoms with Gasteiger partial charge in [-0.2, -0.15) is 0 Å². The SMILES string of the molecule is O=S1(=O)CC(Cl)C(NS(=O)(=O)c2cc(Cl)sc2Cl)C1. The van der Waals surface area contributed by atoms with Gasteiger partial charge in [0.05, 0.1) is 27.3 Å². The fraction of sp³-hybridized carbons (Fsp3) is 0.500. The Kier molecular flexibility index (Phi) is 4.43. The summed E-state index contributed by atoms with van der Waals surface area (Å²) in [5.41, 5.74) is 0. The molecular formula is C8H8Cl3NO4S3. The highest BCUT2D eigenvalue weighted by atomic mass is 35.5. The highest BCUT2D eigenvalue weighted by Crippen LogP contribution is 2.34. The molecule has 2 unspecified atom stereocenters. The van der Waals surface area contributed by atoms with Crippen LogP contribution in [-0.2, 0) is 19.9 Å². The second kappa shape index (κ2) is 5.32. The molecule has 0 saturated carbocycles. The highest BCUT2D eigenvalue weighted by molar-refractivity contribution is 7.92. The summed E-state index contributed by atoms with van der Waals surface area (Å²) >= 11 is 18.2. The van der Waals surface area contributed by atoms with E-state index in [0.717, 1.165) is 11.3 Å². The molecular weight excluding hydrogens is 377 g/mol. The standard InChI is InChI=1S/C8H8Cl3NO4S3/c9-4-2-18(13,14)3-5(4)12-19(15,16)6-1-7(10)17-8(6)11/h1,4-5,12H,2-3H2. The third kappa shape index (κ3) is 3.55. The van der Waals surface area contributed by atoms with Gasteiger partial charge in [-0.1, -0.05) is 23.2 Å². The molecule has 1 N–H and O–H groups in total. The predicted molar refractivity (Wildman–Crippen MR) is 76.7 cm³/mol. The summed E-state index contributed by atoms with van der Waals surface area (Å²) in [6.45, 7) is 0. The van der Waals surface area contributed by atoms with Gasteiger partial charge in [-0.25, -0.2) is 21.6 Å².